The molecule has 0 amide bonds. The zero-order chi connectivity index (χ0) is 12.3. The molecule has 1 N–H and O–H groups in total. The molecule has 3 nitrogen and oxygen atoms in total. The van der Waals surface area contributed by atoms with Gasteiger partial charge in [-0.3, -0.25) is 4.68 Å². The second kappa shape index (κ2) is 3.83. The van der Waals surface area contributed by atoms with Crippen molar-refractivity contribution in [2.24, 2.45) is 29.6 Å². The van der Waals surface area contributed by atoms with Crippen LogP contribution in [0.5, 0.6) is 0 Å². The van der Waals surface area contributed by atoms with Crippen molar-refractivity contribution in [1.82, 2.24) is 15.1 Å². The molecule has 1 aromatic rings. The number of aromatic nitrogens is 2. The Hall–Kier alpha value is -0.830. The Labute approximate surface area is 109 Å². The Kier molecular flexibility index (Phi) is 2.35. The maximum atomic E-state index is 4.44. The molecule has 1 aromatic heterocycles. The Balaban J connectivity index is 1.60. The van der Waals surface area contributed by atoms with Crippen LogP contribution in [0.4, 0.5) is 0 Å². The number of rotatable bonds is 4. The van der Waals surface area contributed by atoms with E-state index in [0.29, 0.717) is 6.04 Å². The molecule has 5 atom stereocenters. The second-order valence-electron chi connectivity index (χ2n) is 6.40. The van der Waals surface area contributed by atoms with E-state index in [4.69, 9.17) is 0 Å². The average Bonchev–Trinajstić information content (AvgIpc) is 2.80. The van der Waals surface area contributed by atoms with Gasteiger partial charge in [-0.2, -0.15) is 5.10 Å². The molecular weight excluding hydrogens is 222 g/mol. The van der Waals surface area contributed by atoms with E-state index >= 15 is 0 Å². The van der Waals surface area contributed by atoms with Crippen LogP contribution in [0.15, 0.2) is 12.3 Å². The summed E-state index contributed by atoms with van der Waals surface area (Å²) in [4.78, 5) is 0. The highest BCUT2D eigenvalue weighted by Gasteiger charge is 2.66. The fraction of sp³-hybridized carbons (Fsp3) is 0.800. The molecule has 98 valence electrons. The lowest BCUT2D eigenvalue weighted by molar-refractivity contribution is 0.368. The van der Waals surface area contributed by atoms with Gasteiger partial charge in [0.15, 0.2) is 0 Å². The molecule has 0 aliphatic heterocycles. The molecule has 3 aliphatic carbocycles. The van der Waals surface area contributed by atoms with Gasteiger partial charge in [0.2, 0.25) is 0 Å². The van der Waals surface area contributed by atoms with Crippen LogP contribution < -0.4 is 5.32 Å². The number of hydrogen-bond donors (Lipinski definition) is 1. The van der Waals surface area contributed by atoms with E-state index in [9.17, 15) is 0 Å². The summed E-state index contributed by atoms with van der Waals surface area (Å²) in [5, 5.41) is 8.02. The molecule has 3 aliphatic rings. The molecule has 0 spiro atoms. The molecule has 4 rings (SSSR count). The molecule has 1 heterocycles. The van der Waals surface area contributed by atoms with Gasteiger partial charge in [-0.15, -0.1) is 0 Å². The number of nitrogens with zero attached hydrogens (tertiary/aromatic N) is 2. The van der Waals surface area contributed by atoms with Gasteiger partial charge in [0, 0.05) is 12.7 Å². The van der Waals surface area contributed by atoms with Gasteiger partial charge >= 0.3 is 0 Å². The minimum absolute atomic E-state index is 0.533. The summed E-state index contributed by atoms with van der Waals surface area (Å²) in [6.45, 7) is 3.16. The van der Waals surface area contributed by atoms with Crippen molar-refractivity contribution >= 4 is 0 Å². The minimum Gasteiger partial charge on any atom is -0.311 e. The lowest BCUT2D eigenvalue weighted by Crippen LogP contribution is -2.24. The first-order valence-corrected chi connectivity index (χ1v) is 7.54. The normalized spacial score (nSPS) is 42.0. The third-order valence-electron chi connectivity index (χ3n) is 5.86. The van der Waals surface area contributed by atoms with Crippen molar-refractivity contribution in [3.05, 3.63) is 18.0 Å². The smallest absolute Gasteiger partial charge is 0.0556 e. The third-order valence-corrected chi connectivity index (χ3v) is 5.86. The Morgan fingerprint density at radius 2 is 2.11 bits per heavy atom. The Morgan fingerprint density at radius 3 is 2.72 bits per heavy atom. The summed E-state index contributed by atoms with van der Waals surface area (Å²) >= 11 is 0. The predicted molar refractivity (Wildman–Crippen MR) is 71.0 cm³/mol. The lowest BCUT2D eigenvalue weighted by Gasteiger charge is -2.21. The van der Waals surface area contributed by atoms with Crippen molar-refractivity contribution in [2.45, 2.75) is 38.8 Å². The van der Waals surface area contributed by atoms with Gasteiger partial charge in [-0.05, 0) is 68.9 Å². The zero-order valence-corrected chi connectivity index (χ0v) is 11.3. The van der Waals surface area contributed by atoms with Crippen molar-refractivity contribution < 1.29 is 0 Å². The van der Waals surface area contributed by atoms with Crippen LogP contribution in [0.25, 0.3) is 0 Å². The first-order chi connectivity index (χ1) is 8.85. The highest BCUT2D eigenvalue weighted by Crippen LogP contribution is 2.72. The molecule has 2 bridgehead atoms. The van der Waals surface area contributed by atoms with Crippen molar-refractivity contribution in [3.8, 4) is 0 Å². The highest BCUT2D eigenvalue weighted by molar-refractivity contribution is 5.21. The molecule has 3 heteroatoms. The third kappa shape index (κ3) is 1.31. The van der Waals surface area contributed by atoms with E-state index in [1.165, 1.54) is 25.0 Å². The van der Waals surface area contributed by atoms with Crippen molar-refractivity contribution in [3.63, 3.8) is 0 Å². The molecule has 0 saturated heterocycles. The van der Waals surface area contributed by atoms with Gasteiger partial charge in [0.25, 0.3) is 0 Å². The first kappa shape index (κ1) is 11.0. The van der Waals surface area contributed by atoms with Crippen LogP contribution in [-0.4, -0.2) is 16.8 Å². The minimum atomic E-state index is 0.533. The molecular formula is C15H23N3. The molecule has 5 unspecified atom stereocenters. The highest BCUT2D eigenvalue weighted by atomic mass is 15.3. The number of hydrogen-bond acceptors (Lipinski definition) is 2. The summed E-state index contributed by atoms with van der Waals surface area (Å²) in [5.74, 6) is 5.06. The van der Waals surface area contributed by atoms with E-state index in [1.54, 1.807) is 0 Å². The van der Waals surface area contributed by atoms with Crippen LogP contribution in [0, 0.1) is 29.6 Å². The molecule has 3 fully saturated rings. The predicted octanol–water partition coefficient (Wildman–Crippen LogP) is 2.46. The van der Waals surface area contributed by atoms with Gasteiger partial charge in [-0.1, -0.05) is 0 Å². The molecule has 18 heavy (non-hydrogen) atoms. The molecule has 3 saturated carbocycles. The van der Waals surface area contributed by atoms with Crippen LogP contribution in [-0.2, 0) is 6.54 Å². The summed E-state index contributed by atoms with van der Waals surface area (Å²) in [5.41, 5.74) is 1.40. The monoisotopic (exact) mass is 245 g/mol. The van der Waals surface area contributed by atoms with Crippen LogP contribution in [0.3, 0.4) is 0 Å². The summed E-state index contributed by atoms with van der Waals surface area (Å²) < 4.78 is 2.16. The van der Waals surface area contributed by atoms with Crippen LogP contribution in [0.2, 0.25) is 0 Å². The van der Waals surface area contributed by atoms with Gasteiger partial charge in [-0.25, -0.2) is 0 Å². The maximum Gasteiger partial charge on any atom is 0.0556 e. The van der Waals surface area contributed by atoms with Gasteiger partial charge in [0.05, 0.1) is 11.7 Å². The van der Waals surface area contributed by atoms with E-state index in [-0.39, 0.29) is 0 Å². The summed E-state index contributed by atoms with van der Waals surface area (Å²) in [7, 11) is 2.12. The first-order valence-electron chi connectivity index (χ1n) is 7.54. The Bertz CT molecular complexity index is 436. The lowest BCUT2D eigenvalue weighted by atomic mass is 9.95. The fourth-order valence-electron chi connectivity index (χ4n) is 5.25. The van der Waals surface area contributed by atoms with Gasteiger partial charge in [0.1, 0.15) is 0 Å². The molecule has 0 radical (unpaired) electrons. The summed E-state index contributed by atoms with van der Waals surface area (Å²) in [6.07, 6.45) is 6.50. The zero-order valence-electron chi connectivity index (χ0n) is 11.3. The standard InChI is InChI=1S/C15H23N3/c1-3-18-11(6-7-17-18)15(16-2)14-12-9-4-5-10(8-9)13(12)14/h6-7,9-10,12-16H,3-5,8H2,1-2H3. The molecule has 0 aromatic carbocycles. The van der Waals surface area contributed by atoms with E-state index in [2.05, 4.69) is 35.1 Å². The second-order valence-corrected chi connectivity index (χ2v) is 6.40. The fourth-order valence-corrected chi connectivity index (χ4v) is 5.25. The Morgan fingerprint density at radius 1 is 1.39 bits per heavy atom. The van der Waals surface area contributed by atoms with Gasteiger partial charge < -0.3 is 5.32 Å². The largest absolute Gasteiger partial charge is 0.311 e. The van der Waals surface area contributed by atoms with E-state index in [0.717, 1.165) is 36.1 Å². The van der Waals surface area contributed by atoms with E-state index in [1.807, 2.05) is 6.20 Å². The van der Waals surface area contributed by atoms with E-state index < -0.39 is 0 Å². The topological polar surface area (TPSA) is 29.9 Å². The van der Waals surface area contributed by atoms with Crippen LogP contribution in [0.1, 0.15) is 37.9 Å². The average molecular weight is 245 g/mol. The quantitative estimate of drug-likeness (QED) is 0.883. The number of nitrogens with one attached hydrogen (secondary N) is 1. The number of fused-ring (bicyclic) bond motifs is 5. The SMILES string of the molecule is CCn1nccc1C(NC)C1C2C3CCC(C3)C21. The van der Waals surface area contributed by atoms with Crippen LogP contribution >= 0.6 is 0 Å². The maximum absolute atomic E-state index is 4.44. The summed E-state index contributed by atoms with van der Waals surface area (Å²) in [6, 6.07) is 2.74. The number of aryl methyl sites for hydroxylation is 1. The van der Waals surface area contributed by atoms with Crippen molar-refractivity contribution in [1.29, 1.82) is 0 Å². The van der Waals surface area contributed by atoms with Crippen molar-refractivity contribution in [2.75, 3.05) is 7.05 Å².